The second-order valence-corrected chi connectivity index (χ2v) is 7.06. The molecule has 0 radical (unpaired) electrons. The minimum absolute atomic E-state index is 0.00933. The molecule has 0 atom stereocenters. The average Bonchev–Trinajstić information content (AvgIpc) is 3.09. The topological polar surface area (TPSA) is 60.2 Å². The Balaban J connectivity index is 1.59. The molecule has 0 unspecified atom stereocenters. The zero-order valence-corrected chi connectivity index (χ0v) is 15.2. The third kappa shape index (κ3) is 4.58. The molecule has 1 aromatic carbocycles. The first-order chi connectivity index (χ1) is 12.5. The summed E-state index contributed by atoms with van der Waals surface area (Å²) in [6.45, 7) is 6.31. The first-order valence-corrected chi connectivity index (χ1v) is 9.21. The van der Waals surface area contributed by atoms with Gasteiger partial charge in [0.05, 0.1) is 12.2 Å². The van der Waals surface area contributed by atoms with E-state index in [2.05, 4.69) is 15.5 Å². The molecular weight excluding hydrogens is 340 g/mol. The number of ether oxygens (including phenoxy) is 1. The molecule has 3 rings (SSSR count). The molecule has 0 saturated carbocycles. The van der Waals surface area contributed by atoms with Gasteiger partial charge in [-0.05, 0) is 44.7 Å². The molecule has 1 N–H and O–H groups in total. The number of halogens is 2. The quantitative estimate of drug-likeness (QED) is 0.742. The van der Waals surface area contributed by atoms with Crippen molar-refractivity contribution in [1.29, 1.82) is 0 Å². The van der Waals surface area contributed by atoms with Crippen molar-refractivity contribution in [2.45, 2.75) is 45.4 Å². The second-order valence-electron chi connectivity index (χ2n) is 7.06. The van der Waals surface area contributed by atoms with E-state index in [1.807, 2.05) is 13.8 Å². The molecule has 142 valence electrons. The lowest BCUT2D eigenvalue weighted by molar-refractivity contribution is 0.272. The van der Waals surface area contributed by atoms with E-state index in [9.17, 15) is 8.78 Å². The summed E-state index contributed by atoms with van der Waals surface area (Å²) < 4.78 is 39.3. The van der Waals surface area contributed by atoms with E-state index >= 15 is 0 Å². The second kappa shape index (κ2) is 8.58. The lowest BCUT2D eigenvalue weighted by Crippen LogP contribution is -2.27. The van der Waals surface area contributed by atoms with Gasteiger partial charge in [-0.15, -0.1) is 0 Å². The van der Waals surface area contributed by atoms with Crippen LogP contribution in [0.25, 0.3) is 11.4 Å². The highest BCUT2D eigenvalue weighted by atomic mass is 19.1. The molecule has 0 spiro atoms. The molecule has 2 aromatic rings. The highest BCUT2D eigenvalue weighted by molar-refractivity contribution is 5.58. The highest BCUT2D eigenvalue weighted by Gasteiger charge is 2.20. The maximum atomic E-state index is 14.4. The molecule has 26 heavy (non-hydrogen) atoms. The van der Waals surface area contributed by atoms with Crippen molar-refractivity contribution in [1.82, 2.24) is 15.5 Å². The molecule has 0 aliphatic carbocycles. The van der Waals surface area contributed by atoms with Gasteiger partial charge in [0.15, 0.2) is 0 Å². The summed E-state index contributed by atoms with van der Waals surface area (Å²) in [5.74, 6) is -0.363. The summed E-state index contributed by atoms with van der Waals surface area (Å²) in [4.78, 5) is 4.05. The van der Waals surface area contributed by atoms with Gasteiger partial charge in [0.2, 0.25) is 11.7 Å². The highest BCUT2D eigenvalue weighted by Crippen LogP contribution is 2.29. The summed E-state index contributed by atoms with van der Waals surface area (Å²) >= 11 is 0. The van der Waals surface area contributed by atoms with Gasteiger partial charge < -0.3 is 14.6 Å². The van der Waals surface area contributed by atoms with Crippen LogP contribution in [0.1, 0.15) is 51.3 Å². The lowest BCUT2D eigenvalue weighted by Gasteiger charge is -2.22. The third-order valence-corrected chi connectivity index (χ3v) is 4.66. The minimum Gasteiger partial charge on any atom is -0.493 e. The molecule has 7 heteroatoms. The van der Waals surface area contributed by atoms with E-state index in [-0.39, 0.29) is 23.1 Å². The van der Waals surface area contributed by atoms with Crippen molar-refractivity contribution in [3.63, 3.8) is 0 Å². The summed E-state index contributed by atoms with van der Waals surface area (Å²) in [6.07, 6.45) is 4.31. The fourth-order valence-corrected chi connectivity index (χ4v) is 3.15. The Morgan fingerprint density at radius 3 is 2.54 bits per heavy atom. The molecule has 0 bridgehead atoms. The SMILES string of the molecule is CC(C)c1nc(-c2c(F)cc(OCCCC3CCNCC3)cc2F)no1. The Bertz CT molecular complexity index is 704. The van der Waals surface area contributed by atoms with E-state index in [0.717, 1.165) is 25.9 Å². The first-order valence-electron chi connectivity index (χ1n) is 9.21. The molecule has 5 nitrogen and oxygen atoms in total. The Morgan fingerprint density at radius 2 is 1.92 bits per heavy atom. The van der Waals surface area contributed by atoms with Crippen molar-refractivity contribution in [3.05, 3.63) is 29.7 Å². The zero-order chi connectivity index (χ0) is 18.5. The van der Waals surface area contributed by atoms with E-state index in [1.54, 1.807) is 0 Å². The Labute approximate surface area is 152 Å². The van der Waals surface area contributed by atoms with E-state index in [0.29, 0.717) is 18.4 Å². The Kier molecular flexibility index (Phi) is 6.19. The van der Waals surface area contributed by atoms with Crippen molar-refractivity contribution in [2.24, 2.45) is 5.92 Å². The predicted molar refractivity (Wildman–Crippen MR) is 94.1 cm³/mol. The number of rotatable bonds is 7. The van der Waals surface area contributed by atoms with Crippen molar-refractivity contribution >= 4 is 0 Å². The summed E-state index contributed by atoms with van der Waals surface area (Å²) in [5.41, 5.74) is -0.289. The van der Waals surface area contributed by atoms with Gasteiger partial charge in [-0.3, -0.25) is 0 Å². The fraction of sp³-hybridized carbons (Fsp3) is 0.579. The molecule has 1 fully saturated rings. The van der Waals surface area contributed by atoms with Crippen molar-refractivity contribution in [3.8, 4) is 17.1 Å². The van der Waals surface area contributed by atoms with E-state index in [1.165, 1.54) is 25.0 Å². The number of benzene rings is 1. The summed E-state index contributed by atoms with van der Waals surface area (Å²) in [6, 6.07) is 2.35. The van der Waals surface area contributed by atoms with Crippen LogP contribution in [0.3, 0.4) is 0 Å². The van der Waals surface area contributed by atoms with Crippen LogP contribution in [0.5, 0.6) is 5.75 Å². The van der Waals surface area contributed by atoms with Gasteiger partial charge in [0.25, 0.3) is 0 Å². The number of hydrogen-bond acceptors (Lipinski definition) is 5. The maximum Gasteiger partial charge on any atom is 0.229 e. The number of piperidine rings is 1. The molecular formula is C19H25F2N3O2. The first kappa shape index (κ1) is 18.8. The number of aromatic nitrogens is 2. The Morgan fingerprint density at radius 1 is 1.23 bits per heavy atom. The van der Waals surface area contributed by atoms with E-state index in [4.69, 9.17) is 9.26 Å². The van der Waals surface area contributed by atoms with Crippen LogP contribution in [-0.4, -0.2) is 29.8 Å². The monoisotopic (exact) mass is 365 g/mol. The Hall–Kier alpha value is -2.02. The zero-order valence-electron chi connectivity index (χ0n) is 15.2. The van der Waals surface area contributed by atoms with Crippen LogP contribution in [0, 0.1) is 17.6 Å². The third-order valence-electron chi connectivity index (χ3n) is 4.66. The van der Waals surface area contributed by atoms with Crippen LogP contribution in [0.2, 0.25) is 0 Å². The maximum absolute atomic E-state index is 14.4. The molecule has 2 heterocycles. The van der Waals surface area contributed by atoms with Gasteiger partial charge in [0.1, 0.15) is 17.4 Å². The van der Waals surface area contributed by atoms with Crippen LogP contribution in [0.4, 0.5) is 8.78 Å². The average molecular weight is 365 g/mol. The number of nitrogens with zero attached hydrogens (tertiary/aromatic N) is 2. The largest absolute Gasteiger partial charge is 0.493 e. The van der Waals surface area contributed by atoms with E-state index < -0.39 is 11.6 Å². The van der Waals surface area contributed by atoms with Gasteiger partial charge in [0, 0.05) is 18.1 Å². The van der Waals surface area contributed by atoms with Crippen LogP contribution in [0.15, 0.2) is 16.7 Å². The molecule has 1 aliphatic heterocycles. The normalized spacial score (nSPS) is 15.6. The molecule has 1 aliphatic rings. The standard InChI is InChI=1S/C19H25F2N3O2/c1-12(2)19-23-18(24-26-19)17-15(20)10-14(11-16(17)21)25-9-3-4-13-5-7-22-8-6-13/h10-13,22H,3-9H2,1-2H3. The van der Waals surface area contributed by atoms with Gasteiger partial charge in [-0.2, -0.15) is 4.98 Å². The van der Waals surface area contributed by atoms with Crippen LogP contribution in [-0.2, 0) is 0 Å². The van der Waals surface area contributed by atoms with Gasteiger partial charge in [-0.25, -0.2) is 8.78 Å². The summed E-state index contributed by atoms with van der Waals surface area (Å²) in [7, 11) is 0. The van der Waals surface area contributed by atoms with Crippen molar-refractivity contribution < 1.29 is 18.0 Å². The van der Waals surface area contributed by atoms with Crippen LogP contribution < -0.4 is 10.1 Å². The molecule has 1 aromatic heterocycles. The molecule has 0 amide bonds. The smallest absolute Gasteiger partial charge is 0.229 e. The predicted octanol–water partition coefficient (Wildman–Crippen LogP) is 4.30. The lowest BCUT2D eigenvalue weighted by atomic mass is 9.93. The number of hydrogen-bond donors (Lipinski definition) is 1. The number of nitrogens with one attached hydrogen (secondary N) is 1. The van der Waals surface area contributed by atoms with Gasteiger partial charge >= 0.3 is 0 Å². The summed E-state index contributed by atoms with van der Waals surface area (Å²) in [5, 5.41) is 7.01. The fourth-order valence-electron chi connectivity index (χ4n) is 3.15. The van der Waals surface area contributed by atoms with Crippen molar-refractivity contribution in [2.75, 3.05) is 19.7 Å². The minimum atomic E-state index is -0.755. The van der Waals surface area contributed by atoms with Crippen LogP contribution >= 0.6 is 0 Å². The van der Waals surface area contributed by atoms with Gasteiger partial charge in [-0.1, -0.05) is 19.0 Å². The molecule has 1 saturated heterocycles.